The fourth-order valence-electron chi connectivity index (χ4n) is 2.35. The normalized spacial score (nSPS) is 18.3. The third-order valence-electron chi connectivity index (χ3n) is 3.47. The lowest BCUT2D eigenvalue weighted by Crippen LogP contribution is -2.28. The summed E-state index contributed by atoms with van der Waals surface area (Å²) in [5, 5.41) is 3.67. The SMILES string of the molecule is CCCCOCCCNC1CSCc2ccccc21. The van der Waals surface area contributed by atoms with Crippen molar-refractivity contribution in [1.29, 1.82) is 0 Å². The van der Waals surface area contributed by atoms with Crippen LogP contribution in [-0.4, -0.2) is 25.5 Å². The molecule has 3 heteroatoms. The van der Waals surface area contributed by atoms with Crippen LogP contribution in [0.1, 0.15) is 43.4 Å². The second kappa shape index (κ2) is 8.62. The fourth-order valence-corrected chi connectivity index (χ4v) is 3.48. The molecule has 1 N–H and O–H groups in total. The molecule has 1 atom stereocenters. The Morgan fingerprint density at radius 1 is 1.26 bits per heavy atom. The van der Waals surface area contributed by atoms with Gasteiger partial charge >= 0.3 is 0 Å². The zero-order valence-electron chi connectivity index (χ0n) is 11.9. The van der Waals surface area contributed by atoms with Gasteiger partial charge in [-0.15, -0.1) is 0 Å². The number of ether oxygens (including phenoxy) is 1. The molecule has 0 bridgehead atoms. The minimum atomic E-state index is 0.519. The maximum atomic E-state index is 5.59. The Hall–Kier alpha value is -0.510. The molecule has 0 aromatic heterocycles. The topological polar surface area (TPSA) is 21.3 Å². The molecule has 2 nitrogen and oxygen atoms in total. The summed E-state index contributed by atoms with van der Waals surface area (Å²) in [4.78, 5) is 0. The van der Waals surface area contributed by atoms with Gasteiger partial charge in [-0.3, -0.25) is 0 Å². The number of fused-ring (bicyclic) bond motifs is 1. The van der Waals surface area contributed by atoms with Crippen LogP contribution >= 0.6 is 11.8 Å². The van der Waals surface area contributed by atoms with E-state index in [4.69, 9.17) is 4.74 Å². The standard InChI is InChI=1S/C16H25NOS/c1-2-3-10-18-11-6-9-17-16-13-19-12-14-7-4-5-8-15(14)16/h4-5,7-8,16-17H,2-3,6,9-13H2,1H3. The number of thioether (sulfide) groups is 1. The van der Waals surface area contributed by atoms with Gasteiger partial charge in [0.25, 0.3) is 0 Å². The van der Waals surface area contributed by atoms with Crippen LogP contribution in [0.5, 0.6) is 0 Å². The average molecular weight is 279 g/mol. The maximum absolute atomic E-state index is 5.59. The van der Waals surface area contributed by atoms with E-state index in [9.17, 15) is 0 Å². The monoisotopic (exact) mass is 279 g/mol. The predicted molar refractivity (Wildman–Crippen MR) is 83.7 cm³/mol. The molecule has 2 rings (SSSR count). The summed E-state index contributed by atoms with van der Waals surface area (Å²) < 4.78 is 5.59. The molecular formula is C16H25NOS. The highest BCUT2D eigenvalue weighted by Gasteiger charge is 2.18. The summed E-state index contributed by atoms with van der Waals surface area (Å²) in [6.07, 6.45) is 3.50. The van der Waals surface area contributed by atoms with E-state index in [1.165, 1.54) is 29.7 Å². The van der Waals surface area contributed by atoms with E-state index >= 15 is 0 Å². The summed E-state index contributed by atoms with van der Waals surface area (Å²) in [6.45, 7) is 5.04. The van der Waals surface area contributed by atoms with Crippen molar-refractivity contribution >= 4 is 11.8 Å². The highest BCUT2D eigenvalue weighted by Crippen LogP contribution is 2.31. The minimum Gasteiger partial charge on any atom is -0.381 e. The molecule has 1 aliphatic rings. The molecular weight excluding hydrogens is 254 g/mol. The first-order valence-electron chi connectivity index (χ1n) is 7.38. The highest BCUT2D eigenvalue weighted by molar-refractivity contribution is 7.98. The van der Waals surface area contributed by atoms with Gasteiger partial charge in [-0.2, -0.15) is 11.8 Å². The maximum Gasteiger partial charge on any atom is 0.0478 e. The van der Waals surface area contributed by atoms with Gasteiger partial charge in [0.15, 0.2) is 0 Å². The molecule has 0 saturated carbocycles. The first-order chi connectivity index (χ1) is 9.42. The molecule has 0 radical (unpaired) electrons. The molecule has 1 aromatic carbocycles. The van der Waals surface area contributed by atoms with Gasteiger partial charge in [0.2, 0.25) is 0 Å². The minimum absolute atomic E-state index is 0.519. The lowest BCUT2D eigenvalue weighted by atomic mass is 10.0. The molecule has 1 heterocycles. The van der Waals surface area contributed by atoms with Crippen LogP contribution in [0.2, 0.25) is 0 Å². The smallest absolute Gasteiger partial charge is 0.0478 e. The number of nitrogens with one attached hydrogen (secondary N) is 1. The lowest BCUT2D eigenvalue weighted by molar-refractivity contribution is 0.128. The molecule has 0 spiro atoms. The molecule has 1 aromatic rings. The van der Waals surface area contributed by atoms with Crippen molar-refractivity contribution in [3.05, 3.63) is 35.4 Å². The number of hydrogen-bond donors (Lipinski definition) is 1. The summed E-state index contributed by atoms with van der Waals surface area (Å²) in [5.41, 5.74) is 2.99. The van der Waals surface area contributed by atoms with Crippen molar-refractivity contribution in [3.8, 4) is 0 Å². The predicted octanol–water partition coefficient (Wildman–Crippen LogP) is 3.77. The molecule has 1 unspecified atom stereocenters. The van der Waals surface area contributed by atoms with Crippen molar-refractivity contribution in [2.75, 3.05) is 25.5 Å². The fraction of sp³-hybridized carbons (Fsp3) is 0.625. The Bertz CT molecular complexity index is 370. The molecule has 106 valence electrons. The quantitative estimate of drug-likeness (QED) is 0.732. The van der Waals surface area contributed by atoms with Crippen LogP contribution in [0.3, 0.4) is 0 Å². The van der Waals surface area contributed by atoms with E-state index in [1.807, 2.05) is 11.8 Å². The molecule has 19 heavy (non-hydrogen) atoms. The lowest BCUT2D eigenvalue weighted by Gasteiger charge is -2.26. The van der Waals surface area contributed by atoms with Gasteiger partial charge in [0.05, 0.1) is 0 Å². The Morgan fingerprint density at radius 2 is 2.11 bits per heavy atom. The van der Waals surface area contributed by atoms with E-state index in [-0.39, 0.29) is 0 Å². The van der Waals surface area contributed by atoms with Gasteiger partial charge in [-0.1, -0.05) is 37.6 Å². The summed E-state index contributed by atoms with van der Waals surface area (Å²) in [5.74, 6) is 2.35. The first kappa shape index (κ1) is 14.9. The zero-order chi connectivity index (χ0) is 13.3. The van der Waals surface area contributed by atoms with E-state index in [2.05, 4.69) is 36.5 Å². The Kier molecular flexibility index (Phi) is 6.75. The van der Waals surface area contributed by atoms with Crippen molar-refractivity contribution in [1.82, 2.24) is 5.32 Å². The number of rotatable bonds is 8. The zero-order valence-corrected chi connectivity index (χ0v) is 12.7. The second-order valence-electron chi connectivity index (χ2n) is 5.04. The van der Waals surface area contributed by atoms with Gasteiger partial charge < -0.3 is 10.1 Å². The number of hydrogen-bond acceptors (Lipinski definition) is 3. The third kappa shape index (κ3) is 4.83. The average Bonchev–Trinajstić information content (AvgIpc) is 2.46. The van der Waals surface area contributed by atoms with E-state index in [0.29, 0.717) is 6.04 Å². The second-order valence-corrected chi connectivity index (χ2v) is 6.07. The van der Waals surface area contributed by atoms with Crippen LogP contribution in [0.25, 0.3) is 0 Å². The van der Waals surface area contributed by atoms with Gasteiger partial charge in [0, 0.05) is 30.8 Å². The first-order valence-corrected chi connectivity index (χ1v) is 8.54. The number of benzene rings is 1. The van der Waals surface area contributed by atoms with E-state index in [0.717, 1.165) is 31.9 Å². The Morgan fingerprint density at radius 3 is 3.00 bits per heavy atom. The van der Waals surface area contributed by atoms with Crippen LogP contribution < -0.4 is 5.32 Å². The summed E-state index contributed by atoms with van der Waals surface area (Å²) in [7, 11) is 0. The summed E-state index contributed by atoms with van der Waals surface area (Å²) in [6, 6.07) is 9.33. The van der Waals surface area contributed by atoms with Gasteiger partial charge in [0.1, 0.15) is 0 Å². The van der Waals surface area contributed by atoms with E-state index < -0.39 is 0 Å². The highest BCUT2D eigenvalue weighted by atomic mass is 32.2. The van der Waals surface area contributed by atoms with Crippen LogP contribution in [0.15, 0.2) is 24.3 Å². The molecule has 0 aliphatic carbocycles. The van der Waals surface area contributed by atoms with Crippen molar-refractivity contribution in [2.45, 2.75) is 38.0 Å². The van der Waals surface area contributed by atoms with E-state index in [1.54, 1.807) is 0 Å². The number of unbranched alkanes of at least 4 members (excludes halogenated alkanes) is 1. The molecule has 0 saturated heterocycles. The molecule has 0 amide bonds. The molecule has 0 fully saturated rings. The van der Waals surface area contributed by atoms with Crippen LogP contribution in [0, 0.1) is 0 Å². The summed E-state index contributed by atoms with van der Waals surface area (Å²) >= 11 is 2.03. The van der Waals surface area contributed by atoms with Crippen LogP contribution in [-0.2, 0) is 10.5 Å². The van der Waals surface area contributed by atoms with Crippen molar-refractivity contribution < 1.29 is 4.74 Å². The van der Waals surface area contributed by atoms with Gasteiger partial charge in [-0.05, 0) is 30.5 Å². The third-order valence-corrected chi connectivity index (χ3v) is 4.56. The Labute approximate surface area is 121 Å². The Balaban J connectivity index is 1.67. The van der Waals surface area contributed by atoms with Gasteiger partial charge in [-0.25, -0.2) is 0 Å². The van der Waals surface area contributed by atoms with Crippen LogP contribution in [0.4, 0.5) is 0 Å². The largest absolute Gasteiger partial charge is 0.381 e. The van der Waals surface area contributed by atoms with Crippen molar-refractivity contribution in [3.63, 3.8) is 0 Å². The molecule has 1 aliphatic heterocycles. The van der Waals surface area contributed by atoms with Crippen molar-refractivity contribution in [2.24, 2.45) is 0 Å².